The van der Waals surface area contributed by atoms with E-state index in [9.17, 15) is 4.79 Å². The molecule has 0 aromatic rings. The normalized spacial score (nSPS) is 13.6. The average molecular weight is 249 g/mol. The minimum atomic E-state index is -0.487. The van der Waals surface area contributed by atoms with Crippen LogP contribution in [0.5, 0.6) is 0 Å². The van der Waals surface area contributed by atoms with Crippen LogP contribution in [0.15, 0.2) is 11.1 Å². The summed E-state index contributed by atoms with van der Waals surface area (Å²) in [5.74, 6) is -0.145. The van der Waals surface area contributed by atoms with Crippen LogP contribution in [-0.4, -0.2) is 18.5 Å². The number of hydrogen-bond acceptors (Lipinski definition) is 2. The van der Waals surface area contributed by atoms with Crippen molar-refractivity contribution in [3.63, 3.8) is 0 Å². The molecule has 13 heavy (non-hydrogen) atoms. The Morgan fingerprint density at radius 1 is 1.62 bits per heavy atom. The molecule has 4 heteroatoms. The molecule has 0 saturated heterocycles. The zero-order valence-electron chi connectivity index (χ0n) is 8.36. The fourth-order valence-corrected chi connectivity index (χ4v) is 0.826. The number of hydrogen-bond donors (Lipinski definition) is 2. The van der Waals surface area contributed by atoms with Crippen molar-refractivity contribution in [1.29, 1.82) is 0 Å². The summed E-state index contributed by atoms with van der Waals surface area (Å²) in [5.41, 5.74) is 5.51. The Kier molecular flexibility index (Phi) is 4.64. The van der Waals surface area contributed by atoms with Gasteiger partial charge in [0.2, 0.25) is 5.91 Å². The summed E-state index contributed by atoms with van der Waals surface area (Å²) in [7, 11) is 0. The van der Waals surface area contributed by atoms with E-state index in [0.29, 0.717) is 6.54 Å². The Morgan fingerprint density at radius 2 is 2.08 bits per heavy atom. The fraction of sp³-hybridized carbons (Fsp3) is 0.667. The summed E-state index contributed by atoms with van der Waals surface area (Å²) in [4.78, 5) is 11.4. The highest BCUT2D eigenvalue weighted by Crippen LogP contribution is 2.17. The third-order valence-corrected chi connectivity index (χ3v) is 1.95. The van der Waals surface area contributed by atoms with Gasteiger partial charge in [-0.15, -0.1) is 0 Å². The molecular weight excluding hydrogens is 232 g/mol. The first-order valence-corrected chi connectivity index (χ1v) is 4.91. The molecule has 0 aliphatic heterocycles. The molecule has 0 aliphatic rings. The minimum absolute atomic E-state index is 0.145. The summed E-state index contributed by atoms with van der Waals surface area (Å²) in [6, 6.07) is -0.487. The van der Waals surface area contributed by atoms with Crippen LogP contribution in [0.2, 0.25) is 0 Å². The van der Waals surface area contributed by atoms with Crippen LogP contribution >= 0.6 is 15.9 Å². The molecule has 0 aromatic heterocycles. The van der Waals surface area contributed by atoms with Crippen molar-refractivity contribution in [1.82, 2.24) is 5.32 Å². The molecule has 0 aromatic carbocycles. The van der Waals surface area contributed by atoms with Crippen LogP contribution in [0.4, 0.5) is 0 Å². The van der Waals surface area contributed by atoms with Gasteiger partial charge in [0.05, 0.1) is 6.04 Å². The Balaban J connectivity index is 4.05. The molecule has 0 heterocycles. The van der Waals surface area contributed by atoms with E-state index >= 15 is 0 Å². The summed E-state index contributed by atoms with van der Waals surface area (Å²) >= 11 is 3.15. The lowest BCUT2D eigenvalue weighted by Crippen LogP contribution is -2.48. The van der Waals surface area contributed by atoms with Gasteiger partial charge in [0.25, 0.3) is 0 Å². The topological polar surface area (TPSA) is 55.1 Å². The van der Waals surface area contributed by atoms with Gasteiger partial charge >= 0.3 is 0 Å². The Bertz CT molecular complexity index is 208. The number of carbonyl (C=O) groups excluding carboxylic acids is 1. The van der Waals surface area contributed by atoms with Crippen LogP contribution in [0, 0.1) is 5.41 Å². The summed E-state index contributed by atoms with van der Waals surface area (Å²) in [6.07, 6.45) is 0. The number of nitrogens with two attached hydrogens (primary N) is 1. The molecule has 0 bridgehead atoms. The highest BCUT2D eigenvalue weighted by molar-refractivity contribution is 9.11. The zero-order valence-corrected chi connectivity index (χ0v) is 9.94. The molecule has 0 rings (SSSR count). The van der Waals surface area contributed by atoms with Crippen molar-refractivity contribution >= 4 is 21.8 Å². The SMILES string of the molecule is C=C(Br)CNC(=O)C(N)C(C)(C)C. The second-order valence-corrected chi connectivity index (χ2v) is 5.20. The second-order valence-electron chi connectivity index (χ2n) is 4.08. The maximum atomic E-state index is 11.4. The van der Waals surface area contributed by atoms with Crippen LogP contribution in [-0.2, 0) is 4.79 Å². The maximum absolute atomic E-state index is 11.4. The number of halogens is 1. The van der Waals surface area contributed by atoms with Crippen LogP contribution in [0.3, 0.4) is 0 Å². The summed E-state index contributed by atoms with van der Waals surface area (Å²) < 4.78 is 0.738. The maximum Gasteiger partial charge on any atom is 0.237 e. The van der Waals surface area contributed by atoms with Crippen molar-refractivity contribution in [3.05, 3.63) is 11.1 Å². The lowest BCUT2D eigenvalue weighted by Gasteiger charge is -2.25. The van der Waals surface area contributed by atoms with E-state index in [1.54, 1.807) is 0 Å². The lowest BCUT2D eigenvalue weighted by molar-refractivity contribution is -0.124. The van der Waals surface area contributed by atoms with Gasteiger partial charge in [0, 0.05) is 11.0 Å². The Morgan fingerprint density at radius 3 is 2.38 bits per heavy atom. The largest absolute Gasteiger partial charge is 0.350 e. The molecule has 3 nitrogen and oxygen atoms in total. The number of carbonyl (C=O) groups is 1. The van der Waals surface area contributed by atoms with Gasteiger partial charge in [-0.3, -0.25) is 4.79 Å². The first kappa shape index (κ1) is 12.7. The number of rotatable bonds is 3. The van der Waals surface area contributed by atoms with E-state index in [2.05, 4.69) is 27.8 Å². The number of nitrogens with one attached hydrogen (secondary N) is 1. The molecule has 0 spiro atoms. The molecule has 0 fully saturated rings. The average Bonchev–Trinajstić information content (AvgIpc) is 1.96. The first-order valence-electron chi connectivity index (χ1n) is 4.11. The van der Waals surface area contributed by atoms with Gasteiger partial charge in [0.1, 0.15) is 0 Å². The van der Waals surface area contributed by atoms with E-state index in [4.69, 9.17) is 5.73 Å². The molecule has 1 atom stereocenters. The Labute approximate surface area is 87.9 Å². The minimum Gasteiger partial charge on any atom is -0.350 e. The highest BCUT2D eigenvalue weighted by atomic mass is 79.9. The van der Waals surface area contributed by atoms with Crippen LogP contribution < -0.4 is 11.1 Å². The van der Waals surface area contributed by atoms with Gasteiger partial charge < -0.3 is 11.1 Å². The molecule has 0 saturated carbocycles. The van der Waals surface area contributed by atoms with Crippen LogP contribution in [0.25, 0.3) is 0 Å². The monoisotopic (exact) mass is 248 g/mol. The smallest absolute Gasteiger partial charge is 0.237 e. The number of amides is 1. The lowest BCUT2D eigenvalue weighted by atomic mass is 9.87. The third-order valence-electron chi connectivity index (χ3n) is 1.67. The molecular formula is C9H17BrN2O. The summed E-state index contributed by atoms with van der Waals surface area (Å²) in [5, 5.41) is 2.68. The highest BCUT2D eigenvalue weighted by Gasteiger charge is 2.26. The van der Waals surface area contributed by atoms with Gasteiger partial charge in [-0.1, -0.05) is 43.3 Å². The van der Waals surface area contributed by atoms with E-state index in [0.717, 1.165) is 4.48 Å². The molecule has 1 amide bonds. The van der Waals surface area contributed by atoms with E-state index in [-0.39, 0.29) is 11.3 Å². The zero-order chi connectivity index (χ0) is 10.6. The summed E-state index contributed by atoms with van der Waals surface area (Å²) in [6.45, 7) is 9.82. The quantitative estimate of drug-likeness (QED) is 0.794. The van der Waals surface area contributed by atoms with Crippen molar-refractivity contribution in [3.8, 4) is 0 Å². The molecule has 3 N–H and O–H groups in total. The fourth-order valence-electron chi connectivity index (χ4n) is 0.686. The predicted molar refractivity (Wildman–Crippen MR) is 58.5 cm³/mol. The van der Waals surface area contributed by atoms with Crippen molar-refractivity contribution in [2.75, 3.05) is 6.54 Å². The van der Waals surface area contributed by atoms with E-state index in [1.807, 2.05) is 20.8 Å². The molecule has 76 valence electrons. The van der Waals surface area contributed by atoms with E-state index in [1.165, 1.54) is 0 Å². The van der Waals surface area contributed by atoms with Gasteiger partial charge in [0.15, 0.2) is 0 Å². The van der Waals surface area contributed by atoms with Crippen molar-refractivity contribution in [2.24, 2.45) is 11.1 Å². The van der Waals surface area contributed by atoms with E-state index < -0.39 is 6.04 Å². The van der Waals surface area contributed by atoms with Crippen molar-refractivity contribution < 1.29 is 4.79 Å². The van der Waals surface area contributed by atoms with Crippen LogP contribution in [0.1, 0.15) is 20.8 Å². The molecule has 0 radical (unpaired) electrons. The van der Waals surface area contributed by atoms with Gasteiger partial charge in [-0.25, -0.2) is 0 Å². The third kappa shape index (κ3) is 5.05. The Hall–Kier alpha value is -0.350. The molecule has 1 unspecified atom stereocenters. The van der Waals surface area contributed by atoms with Gasteiger partial charge in [-0.2, -0.15) is 0 Å². The first-order chi connectivity index (χ1) is 5.75. The second kappa shape index (κ2) is 4.77. The molecule has 0 aliphatic carbocycles. The van der Waals surface area contributed by atoms with Gasteiger partial charge in [-0.05, 0) is 5.41 Å². The van der Waals surface area contributed by atoms with Crippen molar-refractivity contribution in [2.45, 2.75) is 26.8 Å². The predicted octanol–water partition coefficient (Wildman–Crippen LogP) is 1.38. The standard InChI is InChI=1S/C9H17BrN2O/c1-6(10)5-12-8(13)7(11)9(2,3)4/h7H,1,5,11H2,2-4H3,(H,12,13).